The topological polar surface area (TPSA) is 72.5 Å². The Morgan fingerprint density at radius 3 is 2.36 bits per heavy atom. The van der Waals surface area contributed by atoms with Gasteiger partial charge in [-0.3, -0.25) is 14.4 Å². The smallest absolute Gasteiger partial charge is 0.306 e. The van der Waals surface area contributed by atoms with Crippen LogP contribution >= 0.6 is 11.6 Å². The Morgan fingerprint density at radius 1 is 1.00 bits per heavy atom. The summed E-state index contributed by atoms with van der Waals surface area (Å²) in [6, 6.07) is 11.7. The molecule has 2 rings (SSSR count). The second-order valence-corrected chi connectivity index (χ2v) is 5.53. The Bertz CT molecular complexity index is 777. The van der Waals surface area contributed by atoms with E-state index in [2.05, 4.69) is 5.32 Å². The van der Waals surface area contributed by atoms with Gasteiger partial charge in [-0.25, -0.2) is 4.39 Å². The number of carbonyl (C=O) groups is 3. The van der Waals surface area contributed by atoms with Crippen molar-refractivity contribution in [1.82, 2.24) is 0 Å². The molecule has 25 heavy (non-hydrogen) atoms. The van der Waals surface area contributed by atoms with Crippen LogP contribution in [0.15, 0.2) is 48.5 Å². The molecule has 5 nitrogen and oxygen atoms in total. The highest BCUT2D eigenvalue weighted by Crippen LogP contribution is 2.20. The molecule has 0 saturated carbocycles. The minimum atomic E-state index is -0.676. The zero-order valence-corrected chi connectivity index (χ0v) is 13.9. The fourth-order valence-electron chi connectivity index (χ4n) is 1.96. The number of Topliss-reactive ketones (excluding diaryl/α,β-unsaturated/α-hetero) is 1. The van der Waals surface area contributed by atoms with Gasteiger partial charge in [0.25, 0.3) is 5.91 Å². The van der Waals surface area contributed by atoms with E-state index >= 15 is 0 Å². The van der Waals surface area contributed by atoms with Gasteiger partial charge in [0.15, 0.2) is 12.4 Å². The van der Waals surface area contributed by atoms with Gasteiger partial charge in [0.1, 0.15) is 5.82 Å². The summed E-state index contributed by atoms with van der Waals surface area (Å²) in [5, 5.41) is 2.88. The van der Waals surface area contributed by atoms with Gasteiger partial charge in [-0.15, -0.1) is 0 Å². The molecule has 0 bridgehead atoms. The van der Waals surface area contributed by atoms with Crippen molar-refractivity contribution in [3.63, 3.8) is 0 Å². The van der Waals surface area contributed by atoms with Crippen molar-refractivity contribution in [3.05, 3.63) is 64.9 Å². The van der Waals surface area contributed by atoms with Gasteiger partial charge in [-0.1, -0.05) is 23.7 Å². The zero-order valence-electron chi connectivity index (χ0n) is 13.1. The summed E-state index contributed by atoms with van der Waals surface area (Å²) < 4.78 is 17.6. The summed E-state index contributed by atoms with van der Waals surface area (Å²) in [6.07, 6.45) is -0.258. The maximum absolute atomic E-state index is 12.8. The lowest BCUT2D eigenvalue weighted by Gasteiger charge is -2.07. The highest BCUT2D eigenvalue weighted by molar-refractivity contribution is 6.33. The summed E-state index contributed by atoms with van der Waals surface area (Å²) >= 11 is 5.90. The molecule has 0 saturated heterocycles. The summed E-state index contributed by atoms with van der Waals surface area (Å²) in [5.41, 5.74) is 0.724. The predicted octanol–water partition coefficient (Wildman–Crippen LogP) is 3.62. The summed E-state index contributed by atoms with van der Waals surface area (Å²) in [4.78, 5) is 35.2. The maximum Gasteiger partial charge on any atom is 0.306 e. The average molecular weight is 364 g/mol. The van der Waals surface area contributed by atoms with Crippen molar-refractivity contribution in [2.45, 2.75) is 12.8 Å². The highest BCUT2D eigenvalue weighted by Gasteiger charge is 2.12. The number of hydrogen-bond donors (Lipinski definition) is 1. The van der Waals surface area contributed by atoms with Crippen LogP contribution in [-0.4, -0.2) is 24.3 Å². The number of esters is 1. The lowest BCUT2D eigenvalue weighted by atomic mass is 10.1. The number of halogens is 2. The first-order valence-electron chi connectivity index (χ1n) is 7.44. The Hall–Kier alpha value is -2.73. The SMILES string of the molecule is O=C(COC(=O)CCC(=O)c1ccc(F)cc1)Nc1ccccc1Cl. The quantitative estimate of drug-likeness (QED) is 0.602. The fourth-order valence-corrected chi connectivity index (χ4v) is 2.15. The molecule has 2 aromatic rings. The number of carbonyl (C=O) groups excluding carboxylic acids is 3. The molecule has 0 heterocycles. The van der Waals surface area contributed by atoms with Crippen molar-refractivity contribution in [2.24, 2.45) is 0 Å². The summed E-state index contributed by atoms with van der Waals surface area (Å²) in [7, 11) is 0. The molecule has 0 aliphatic carbocycles. The van der Waals surface area contributed by atoms with Crippen molar-refractivity contribution >= 4 is 34.9 Å². The third-order valence-corrected chi connectivity index (χ3v) is 3.56. The van der Waals surface area contributed by atoms with E-state index in [0.29, 0.717) is 16.3 Å². The Kier molecular flexibility index (Phi) is 6.65. The van der Waals surface area contributed by atoms with Gasteiger partial charge in [-0.2, -0.15) is 0 Å². The lowest BCUT2D eigenvalue weighted by molar-refractivity contribution is -0.147. The van der Waals surface area contributed by atoms with Crippen LogP contribution in [0.25, 0.3) is 0 Å². The van der Waals surface area contributed by atoms with E-state index < -0.39 is 24.3 Å². The lowest BCUT2D eigenvalue weighted by Crippen LogP contribution is -2.21. The summed E-state index contributed by atoms with van der Waals surface area (Å²) in [6.45, 7) is -0.477. The number of amides is 1. The molecule has 0 radical (unpaired) electrons. The van der Waals surface area contributed by atoms with Crippen molar-refractivity contribution in [1.29, 1.82) is 0 Å². The maximum atomic E-state index is 12.8. The molecule has 130 valence electrons. The fraction of sp³-hybridized carbons (Fsp3) is 0.167. The molecule has 0 aliphatic rings. The highest BCUT2D eigenvalue weighted by atomic mass is 35.5. The largest absolute Gasteiger partial charge is 0.456 e. The number of hydrogen-bond acceptors (Lipinski definition) is 4. The molecule has 0 fully saturated rings. The van der Waals surface area contributed by atoms with E-state index in [1.54, 1.807) is 24.3 Å². The van der Waals surface area contributed by atoms with Crippen LogP contribution in [0.3, 0.4) is 0 Å². The first kappa shape index (κ1) is 18.6. The predicted molar refractivity (Wildman–Crippen MR) is 91.0 cm³/mol. The second kappa shape index (κ2) is 8.94. The van der Waals surface area contributed by atoms with Gasteiger partial charge in [-0.05, 0) is 36.4 Å². The molecule has 0 spiro atoms. The molecule has 1 amide bonds. The Labute approximate surface area is 148 Å². The molecule has 1 N–H and O–H groups in total. The minimum Gasteiger partial charge on any atom is -0.456 e. The monoisotopic (exact) mass is 363 g/mol. The normalized spacial score (nSPS) is 10.2. The van der Waals surface area contributed by atoms with Crippen LogP contribution in [0.5, 0.6) is 0 Å². The molecular formula is C18H15ClFNO4. The van der Waals surface area contributed by atoms with Crippen molar-refractivity contribution < 1.29 is 23.5 Å². The first-order valence-corrected chi connectivity index (χ1v) is 7.82. The van der Waals surface area contributed by atoms with E-state index in [1.165, 1.54) is 24.3 Å². The van der Waals surface area contributed by atoms with E-state index in [0.717, 1.165) is 0 Å². The van der Waals surface area contributed by atoms with E-state index in [1.807, 2.05) is 0 Å². The van der Waals surface area contributed by atoms with Crippen LogP contribution in [0.4, 0.5) is 10.1 Å². The van der Waals surface area contributed by atoms with Gasteiger partial charge in [0, 0.05) is 12.0 Å². The van der Waals surface area contributed by atoms with Gasteiger partial charge in [0.05, 0.1) is 17.1 Å². The minimum absolute atomic E-state index is 0.0867. The first-order chi connectivity index (χ1) is 12.0. The average Bonchev–Trinajstić information content (AvgIpc) is 2.60. The van der Waals surface area contributed by atoms with E-state index in [-0.39, 0.29) is 18.6 Å². The van der Waals surface area contributed by atoms with Crippen LogP contribution in [0.2, 0.25) is 5.02 Å². The number of benzene rings is 2. The molecular weight excluding hydrogens is 349 g/mol. The molecule has 0 aromatic heterocycles. The van der Waals surface area contributed by atoms with Gasteiger partial charge >= 0.3 is 5.97 Å². The van der Waals surface area contributed by atoms with E-state index in [9.17, 15) is 18.8 Å². The number of para-hydroxylation sites is 1. The number of ether oxygens (including phenoxy) is 1. The van der Waals surface area contributed by atoms with Gasteiger partial charge in [0.2, 0.25) is 0 Å². The molecule has 0 aliphatic heterocycles. The third-order valence-electron chi connectivity index (χ3n) is 3.23. The summed E-state index contributed by atoms with van der Waals surface area (Å²) in [5.74, 6) is -1.96. The number of ketones is 1. The molecule has 0 unspecified atom stereocenters. The van der Waals surface area contributed by atoms with Crippen molar-refractivity contribution in [2.75, 3.05) is 11.9 Å². The number of rotatable bonds is 7. The van der Waals surface area contributed by atoms with Crippen LogP contribution in [0, 0.1) is 5.82 Å². The van der Waals surface area contributed by atoms with Gasteiger partial charge < -0.3 is 10.1 Å². The van der Waals surface area contributed by atoms with Crippen LogP contribution < -0.4 is 5.32 Å². The van der Waals surface area contributed by atoms with Crippen LogP contribution in [-0.2, 0) is 14.3 Å². The number of nitrogens with one attached hydrogen (secondary N) is 1. The van der Waals surface area contributed by atoms with Crippen molar-refractivity contribution in [3.8, 4) is 0 Å². The third kappa shape index (κ3) is 6.00. The standard InChI is InChI=1S/C18H15ClFNO4/c19-14-3-1-2-4-15(14)21-17(23)11-25-18(24)10-9-16(22)12-5-7-13(20)8-6-12/h1-8H,9-11H2,(H,21,23). The zero-order chi connectivity index (χ0) is 18.2. The Morgan fingerprint density at radius 2 is 1.68 bits per heavy atom. The molecule has 2 aromatic carbocycles. The molecule has 0 atom stereocenters. The van der Waals surface area contributed by atoms with E-state index in [4.69, 9.17) is 16.3 Å². The molecule has 7 heteroatoms. The second-order valence-electron chi connectivity index (χ2n) is 5.12. The van der Waals surface area contributed by atoms with Crippen LogP contribution in [0.1, 0.15) is 23.2 Å². The number of anilines is 1. The Balaban J connectivity index is 1.73.